The number of hydrogen-bond donors (Lipinski definition) is 3. The van der Waals surface area contributed by atoms with E-state index in [0.717, 1.165) is 28.8 Å². The van der Waals surface area contributed by atoms with Gasteiger partial charge in [0.2, 0.25) is 15.9 Å². The van der Waals surface area contributed by atoms with Gasteiger partial charge in [0.1, 0.15) is 17.4 Å². The zero-order valence-electron chi connectivity index (χ0n) is 21.5. The monoisotopic (exact) mass is 570 g/mol. The van der Waals surface area contributed by atoms with Crippen LogP contribution >= 0.6 is 11.6 Å². The molecule has 10 heteroatoms. The third-order valence-electron chi connectivity index (χ3n) is 7.21. The van der Waals surface area contributed by atoms with Crippen LogP contribution in [0.2, 0.25) is 5.02 Å². The summed E-state index contributed by atoms with van der Waals surface area (Å²) in [5.41, 5.74) is 1.86. The number of carboxylic acids is 1. The standard InChI is InChI=1S/C29H31ClN2O6S/c1-32(39(37,38)24-14-11-22(30)12-15-24)26(28(34)31-23-13-16-25(29(35)36)27(33)18-23)17-19-7-9-21(10-8-19)20-5-3-2-4-6-20/h7-16,18,20,26,33H,2-6,17H2,1H3,(H,31,34)(H,35,36). The number of carbonyl (C=O) groups is 2. The minimum atomic E-state index is -4.08. The van der Waals surface area contributed by atoms with Crippen molar-refractivity contribution in [1.82, 2.24) is 4.31 Å². The van der Waals surface area contributed by atoms with Crippen molar-refractivity contribution in [3.63, 3.8) is 0 Å². The largest absolute Gasteiger partial charge is 0.507 e. The highest BCUT2D eigenvalue weighted by Gasteiger charge is 2.33. The van der Waals surface area contributed by atoms with E-state index in [2.05, 4.69) is 17.4 Å². The van der Waals surface area contributed by atoms with Crippen molar-refractivity contribution in [2.24, 2.45) is 0 Å². The van der Waals surface area contributed by atoms with Crippen LogP contribution in [-0.4, -0.2) is 47.9 Å². The fourth-order valence-electron chi connectivity index (χ4n) is 4.93. The summed E-state index contributed by atoms with van der Waals surface area (Å²) < 4.78 is 27.9. The minimum Gasteiger partial charge on any atom is -0.507 e. The van der Waals surface area contributed by atoms with Crippen molar-refractivity contribution in [1.29, 1.82) is 0 Å². The number of nitrogens with one attached hydrogen (secondary N) is 1. The number of amides is 1. The van der Waals surface area contributed by atoms with Gasteiger partial charge in [-0.1, -0.05) is 55.1 Å². The maximum absolute atomic E-state index is 13.5. The maximum atomic E-state index is 13.5. The lowest BCUT2D eigenvalue weighted by Gasteiger charge is -2.27. The van der Waals surface area contributed by atoms with Gasteiger partial charge in [-0.25, -0.2) is 13.2 Å². The Hall–Kier alpha value is -3.40. The lowest BCUT2D eigenvalue weighted by Crippen LogP contribution is -2.46. The number of benzene rings is 3. The highest BCUT2D eigenvalue weighted by molar-refractivity contribution is 7.89. The van der Waals surface area contributed by atoms with Crippen molar-refractivity contribution in [3.05, 3.63) is 88.4 Å². The fourth-order valence-corrected chi connectivity index (χ4v) is 6.37. The number of rotatable bonds is 9. The van der Waals surface area contributed by atoms with Gasteiger partial charge in [-0.15, -0.1) is 0 Å². The van der Waals surface area contributed by atoms with Crippen LogP contribution in [0.15, 0.2) is 71.6 Å². The molecule has 0 heterocycles. The first-order valence-electron chi connectivity index (χ1n) is 12.8. The number of phenols is 1. The number of likely N-dealkylation sites (N-methyl/N-ethyl adjacent to an activating group) is 1. The van der Waals surface area contributed by atoms with Crippen LogP contribution in [0.25, 0.3) is 0 Å². The van der Waals surface area contributed by atoms with Crippen LogP contribution in [0.3, 0.4) is 0 Å². The molecule has 3 N–H and O–H groups in total. The van der Waals surface area contributed by atoms with Crippen molar-refractivity contribution < 1.29 is 28.2 Å². The Labute approximate surface area is 233 Å². The Morgan fingerprint density at radius 1 is 1.00 bits per heavy atom. The first-order valence-corrected chi connectivity index (χ1v) is 14.6. The van der Waals surface area contributed by atoms with E-state index in [1.807, 2.05) is 12.1 Å². The van der Waals surface area contributed by atoms with E-state index in [9.17, 15) is 23.1 Å². The minimum absolute atomic E-state index is 0.0108. The van der Waals surface area contributed by atoms with Gasteiger partial charge in [0.15, 0.2) is 0 Å². The molecule has 1 aliphatic rings. The molecule has 206 valence electrons. The van der Waals surface area contributed by atoms with Crippen molar-refractivity contribution in [2.45, 2.75) is 55.4 Å². The van der Waals surface area contributed by atoms with E-state index in [1.165, 1.54) is 68.3 Å². The number of aromatic carboxylic acids is 1. The Balaban J connectivity index is 1.62. The Bertz CT molecular complexity index is 1440. The van der Waals surface area contributed by atoms with Gasteiger partial charge in [-0.2, -0.15) is 4.31 Å². The average Bonchev–Trinajstić information content (AvgIpc) is 2.92. The zero-order chi connectivity index (χ0) is 28.2. The van der Waals surface area contributed by atoms with Crippen molar-refractivity contribution >= 4 is 39.2 Å². The van der Waals surface area contributed by atoms with E-state index in [-0.39, 0.29) is 22.6 Å². The lowest BCUT2D eigenvalue weighted by molar-refractivity contribution is -0.119. The van der Waals surface area contributed by atoms with E-state index in [4.69, 9.17) is 16.7 Å². The summed E-state index contributed by atoms with van der Waals surface area (Å²) in [6.45, 7) is 0. The van der Waals surface area contributed by atoms with E-state index < -0.39 is 33.7 Å². The summed E-state index contributed by atoms with van der Waals surface area (Å²) >= 11 is 5.93. The molecule has 1 amide bonds. The number of anilines is 1. The second kappa shape index (κ2) is 12.2. The Morgan fingerprint density at radius 3 is 2.23 bits per heavy atom. The molecule has 1 unspecified atom stereocenters. The van der Waals surface area contributed by atoms with Crippen LogP contribution in [0.1, 0.15) is 59.5 Å². The van der Waals surface area contributed by atoms with Crippen LogP contribution in [0, 0.1) is 0 Å². The SMILES string of the molecule is CN(C(Cc1ccc(C2CCCCC2)cc1)C(=O)Nc1ccc(C(=O)O)c(O)c1)S(=O)(=O)c1ccc(Cl)cc1. The van der Waals surface area contributed by atoms with E-state index in [0.29, 0.717) is 10.9 Å². The smallest absolute Gasteiger partial charge is 0.339 e. The highest BCUT2D eigenvalue weighted by atomic mass is 35.5. The van der Waals surface area contributed by atoms with Crippen molar-refractivity contribution in [3.8, 4) is 5.75 Å². The van der Waals surface area contributed by atoms with E-state index >= 15 is 0 Å². The van der Waals surface area contributed by atoms with Crippen LogP contribution < -0.4 is 5.32 Å². The third-order valence-corrected chi connectivity index (χ3v) is 9.35. The molecule has 0 bridgehead atoms. The molecule has 0 radical (unpaired) electrons. The average molecular weight is 571 g/mol. The molecule has 0 spiro atoms. The number of carboxylic acid groups (broad SMARTS) is 1. The van der Waals surface area contributed by atoms with Crippen molar-refractivity contribution in [2.75, 3.05) is 12.4 Å². The predicted molar refractivity (Wildman–Crippen MR) is 150 cm³/mol. The number of sulfonamides is 1. The second-order valence-electron chi connectivity index (χ2n) is 9.80. The van der Waals surface area contributed by atoms with Gasteiger partial charge in [0, 0.05) is 23.8 Å². The highest BCUT2D eigenvalue weighted by Crippen LogP contribution is 2.33. The third kappa shape index (κ3) is 6.79. The molecular formula is C29H31ClN2O6S. The van der Waals surface area contributed by atoms with Crippen LogP contribution in [0.4, 0.5) is 5.69 Å². The number of aromatic hydroxyl groups is 1. The van der Waals surface area contributed by atoms with Gasteiger partial charge < -0.3 is 15.5 Å². The first kappa shape index (κ1) is 28.6. The Morgan fingerprint density at radius 2 is 1.64 bits per heavy atom. The second-order valence-corrected chi connectivity index (χ2v) is 12.2. The fraction of sp³-hybridized carbons (Fsp3) is 0.310. The lowest BCUT2D eigenvalue weighted by atomic mass is 9.84. The molecule has 0 aromatic heterocycles. The molecule has 39 heavy (non-hydrogen) atoms. The number of carbonyl (C=O) groups excluding carboxylic acids is 1. The molecule has 8 nitrogen and oxygen atoms in total. The summed E-state index contributed by atoms with van der Waals surface area (Å²) in [7, 11) is -2.73. The predicted octanol–water partition coefficient (Wildman–Crippen LogP) is 5.66. The Kier molecular flexibility index (Phi) is 8.94. The molecule has 0 saturated heterocycles. The first-order chi connectivity index (χ1) is 18.6. The molecular weight excluding hydrogens is 540 g/mol. The number of hydrogen-bond acceptors (Lipinski definition) is 5. The summed E-state index contributed by atoms with van der Waals surface area (Å²) in [6.07, 6.45) is 6.09. The molecule has 3 aromatic rings. The topological polar surface area (TPSA) is 124 Å². The van der Waals surface area contributed by atoms with Gasteiger partial charge in [-0.05, 0) is 72.7 Å². The van der Waals surface area contributed by atoms with Gasteiger partial charge in [0.25, 0.3) is 0 Å². The normalized spacial score (nSPS) is 15.2. The molecule has 0 aliphatic heterocycles. The van der Waals surface area contributed by atoms with Gasteiger partial charge in [-0.3, -0.25) is 4.79 Å². The van der Waals surface area contributed by atoms with Gasteiger partial charge in [0.05, 0.1) is 4.90 Å². The zero-order valence-corrected chi connectivity index (χ0v) is 23.1. The van der Waals surface area contributed by atoms with Gasteiger partial charge >= 0.3 is 5.97 Å². The molecule has 4 rings (SSSR count). The number of halogens is 1. The molecule has 1 atom stereocenters. The summed E-state index contributed by atoms with van der Waals surface area (Å²) in [4.78, 5) is 24.7. The van der Waals surface area contributed by atoms with Crippen LogP contribution in [-0.2, 0) is 21.2 Å². The number of nitrogens with zero attached hydrogens (tertiary/aromatic N) is 1. The quantitative estimate of drug-likeness (QED) is 0.305. The summed E-state index contributed by atoms with van der Waals surface area (Å²) in [5.74, 6) is -1.94. The molecule has 1 aliphatic carbocycles. The molecule has 1 saturated carbocycles. The van der Waals surface area contributed by atoms with E-state index in [1.54, 1.807) is 0 Å². The summed E-state index contributed by atoms with van der Waals surface area (Å²) in [5, 5.41) is 22.2. The maximum Gasteiger partial charge on any atom is 0.339 e. The summed E-state index contributed by atoms with van der Waals surface area (Å²) in [6, 6.07) is 16.1. The molecule has 1 fully saturated rings. The molecule has 3 aromatic carbocycles. The van der Waals surface area contributed by atoms with Crippen LogP contribution in [0.5, 0.6) is 5.75 Å².